The molecule has 12 heavy (non-hydrogen) atoms. The van der Waals surface area contributed by atoms with E-state index < -0.39 is 0 Å². The third-order valence-electron chi connectivity index (χ3n) is 1.76. The van der Waals surface area contributed by atoms with E-state index in [0.717, 1.165) is 5.69 Å². The minimum Gasteiger partial charge on any atom is -0.303 e. The number of aryl methyl sites for hydroxylation is 2. The molecule has 0 bridgehead atoms. The normalized spacial score (nSPS) is 8.92. The van der Waals surface area contributed by atoms with Crippen molar-refractivity contribution in [1.29, 1.82) is 5.41 Å². The molecular formula is C9H14N2S. The van der Waals surface area contributed by atoms with Crippen LogP contribution < -0.4 is 0 Å². The first kappa shape index (κ1) is 11.2. The number of hydrogen-bond acceptors (Lipinski definition) is 2. The van der Waals surface area contributed by atoms with Crippen molar-refractivity contribution in [3.63, 3.8) is 0 Å². The number of aromatic nitrogens is 1. The molecule has 0 aliphatic carbocycles. The molecule has 0 atom stereocenters. The number of hydrogen-bond donors (Lipinski definition) is 1. The fraction of sp³-hybridized carbons (Fsp3) is 0.333. The van der Waals surface area contributed by atoms with Crippen LogP contribution in [-0.4, -0.2) is 10.7 Å². The maximum Gasteiger partial charge on any atom is 0.0837 e. The molecule has 0 unspecified atom stereocenters. The van der Waals surface area contributed by atoms with Gasteiger partial charge in [0.05, 0.1) is 11.4 Å². The van der Waals surface area contributed by atoms with E-state index in [0.29, 0.717) is 5.71 Å². The van der Waals surface area contributed by atoms with Crippen molar-refractivity contribution in [2.75, 3.05) is 0 Å². The molecule has 0 spiro atoms. The summed E-state index contributed by atoms with van der Waals surface area (Å²) in [5.41, 5.74) is 3.66. The molecule has 0 aromatic carbocycles. The summed E-state index contributed by atoms with van der Waals surface area (Å²) in [6.45, 7) is 5.80. The van der Waals surface area contributed by atoms with Gasteiger partial charge in [-0.2, -0.15) is 13.5 Å². The quantitative estimate of drug-likeness (QED) is 0.664. The molecule has 2 nitrogen and oxygen atoms in total. The number of nitrogens with zero attached hydrogens (tertiary/aromatic N) is 1. The van der Waals surface area contributed by atoms with Gasteiger partial charge in [0, 0.05) is 6.20 Å². The summed E-state index contributed by atoms with van der Waals surface area (Å²) >= 11 is 0. The first-order valence-electron chi connectivity index (χ1n) is 3.60. The number of nitrogens with one attached hydrogen (secondary N) is 1. The van der Waals surface area contributed by atoms with Gasteiger partial charge in [-0.05, 0) is 38.0 Å². The smallest absolute Gasteiger partial charge is 0.0837 e. The van der Waals surface area contributed by atoms with Crippen molar-refractivity contribution in [2.45, 2.75) is 20.8 Å². The van der Waals surface area contributed by atoms with Gasteiger partial charge >= 0.3 is 0 Å². The number of pyridine rings is 1. The lowest BCUT2D eigenvalue weighted by atomic mass is 10.1. The molecule has 0 amide bonds. The summed E-state index contributed by atoms with van der Waals surface area (Å²) < 4.78 is 0. The van der Waals surface area contributed by atoms with Gasteiger partial charge < -0.3 is 5.41 Å². The van der Waals surface area contributed by atoms with Crippen LogP contribution in [0.25, 0.3) is 0 Å². The van der Waals surface area contributed by atoms with Crippen LogP contribution in [0.4, 0.5) is 0 Å². The van der Waals surface area contributed by atoms with Gasteiger partial charge in [-0.1, -0.05) is 0 Å². The Balaban J connectivity index is 0.00000121. The largest absolute Gasteiger partial charge is 0.303 e. The topological polar surface area (TPSA) is 36.7 Å². The van der Waals surface area contributed by atoms with Crippen LogP contribution in [0, 0.1) is 19.3 Å². The third-order valence-corrected chi connectivity index (χ3v) is 1.76. The van der Waals surface area contributed by atoms with Crippen molar-refractivity contribution < 1.29 is 0 Å². The van der Waals surface area contributed by atoms with E-state index in [1.54, 1.807) is 6.92 Å². The van der Waals surface area contributed by atoms with Crippen molar-refractivity contribution in [1.82, 2.24) is 4.98 Å². The van der Waals surface area contributed by atoms with Crippen molar-refractivity contribution in [3.8, 4) is 0 Å². The van der Waals surface area contributed by atoms with Gasteiger partial charge in [-0.3, -0.25) is 4.98 Å². The first-order valence-corrected chi connectivity index (χ1v) is 3.60. The molecule has 0 saturated heterocycles. The molecule has 1 aromatic rings. The van der Waals surface area contributed by atoms with Gasteiger partial charge in [-0.15, -0.1) is 0 Å². The van der Waals surface area contributed by atoms with Crippen molar-refractivity contribution in [3.05, 3.63) is 29.1 Å². The Bertz CT molecular complexity index is 295. The summed E-state index contributed by atoms with van der Waals surface area (Å²) in [6.07, 6.45) is 1.81. The zero-order valence-electron chi connectivity index (χ0n) is 7.60. The molecule has 1 rings (SSSR count). The number of rotatable bonds is 1. The highest BCUT2D eigenvalue weighted by Gasteiger charge is 1.98. The Labute approximate surface area is 80.0 Å². The van der Waals surface area contributed by atoms with E-state index >= 15 is 0 Å². The Morgan fingerprint density at radius 2 is 1.92 bits per heavy atom. The SMILES string of the molecule is CC(=N)c1cc(C)c(C)cn1.S. The lowest BCUT2D eigenvalue weighted by molar-refractivity contribution is 1.18. The Morgan fingerprint density at radius 3 is 2.33 bits per heavy atom. The maximum absolute atomic E-state index is 7.34. The average Bonchev–Trinajstić information content (AvgIpc) is 1.94. The lowest BCUT2D eigenvalue weighted by Gasteiger charge is -2.01. The van der Waals surface area contributed by atoms with Gasteiger partial charge in [0.25, 0.3) is 0 Å². The summed E-state index contributed by atoms with van der Waals surface area (Å²) in [6, 6.07) is 1.94. The molecule has 0 fully saturated rings. The van der Waals surface area contributed by atoms with E-state index in [1.165, 1.54) is 11.1 Å². The first-order chi connectivity index (χ1) is 5.11. The zero-order valence-corrected chi connectivity index (χ0v) is 8.60. The minimum absolute atomic E-state index is 0. The lowest BCUT2D eigenvalue weighted by Crippen LogP contribution is -1.97. The molecule has 1 aromatic heterocycles. The van der Waals surface area contributed by atoms with E-state index in [9.17, 15) is 0 Å². The van der Waals surface area contributed by atoms with Crippen molar-refractivity contribution in [2.24, 2.45) is 0 Å². The van der Waals surface area contributed by atoms with Crippen molar-refractivity contribution >= 4 is 19.2 Å². The second kappa shape index (κ2) is 4.26. The standard InChI is InChI=1S/C9H12N2.H2S/c1-6-4-9(8(3)10)11-5-7(6)2;/h4-5,10H,1-3H3;1H2. The highest BCUT2D eigenvalue weighted by Crippen LogP contribution is 2.06. The Kier molecular flexibility index (Phi) is 3.96. The van der Waals surface area contributed by atoms with Gasteiger partial charge in [0.1, 0.15) is 0 Å². The highest BCUT2D eigenvalue weighted by molar-refractivity contribution is 7.59. The molecule has 0 radical (unpaired) electrons. The van der Waals surface area contributed by atoms with Gasteiger partial charge in [-0.25, -0.2) is 0 Å². The monoisotopic (exact) mass is 182 g/mol. The molecular weight excluding hydrogens is 168 g/mol. The Hall–Kier alpha value is -0.830. The third kappa shape index (κ3) is 2.34. The molecule has 66 valence electrons. The molecule has 0 aliphatic heterocycles. The second-order valence-electron chi connectivity index (χ2n) is 2.78. The summed E-state index contributed by atoms with van der Waals surface area (Å²) in [4.78, 5) is 4.11. The van der Waals surface area contributed by atoms with Crippen LogP contribution in [0.5, 0.6) is 0 Å². The van der Waals surface area contributed by atoms with E-state index in [1.807, 2.05) is 26.1 Å². The molecule has 0 aliphatic rings. The molecule has 0 saturated carbocycles. The average molecular weight is 182 g/mol. The zero-order chi connectivity index (χ0) is 8.43. The van der Waals surface area contributed by atoms with Gasteiger partial charge in [0.2, 0.25) is 0 Å². The maximum atomic E-state index is 7.34. The van der Waals surface area contributed by atoms with E-state index in [-0.39, 0.29) is 13.5 Å². The fourth-order valence-corrected chi connectivity index (χ4v) is 0.829. The predicted molar refractivity (Wildman–Crippen MR) is 56.6 cm³/mol. The fourth-order valence-electron chi connectivity index (χ4n) is 0.829. The van der Waals surface area contributed by atoms with Crippen LogP contribution in [-0.2, 0) is 0 Å². The minimum atomic E-state index is 0. The van der Waals surface area contributed by atoms with Crippen LogP contribution in [0.3, 0.4) is 0 Å². The molecule has 1 N–H and O–H groups in total. The van der Waals surface area contributed by atoms with E-state index in [4.69, 9.17) is 5.41 Å². The van der Waals surface area contributed by atoms with Crippen LogP contribution in [0.2, 0.25) is 0 Å². The molecule has 1 heterocycles. The summed E-state index contributed by atoms with van der Waals surface area (Å²) in [5, 5.41) is 7.34. The van der Waals surface area contributed by atoms with Crippen LogP contribution >= 0.6 is 13.5 Å². The predicted octanol–water partition coefficient (Wildman–Crippen LogP) is 2.20. The van der Waals surface area contributed by atoms with Gasteiger partial charge in [0.15, 0.2) is 0 Å². The Morgan fingerprint density at radius 1 is 1.33 bits per heavy atom. The van der Waals surface area contributed by atoms with E-state index in [2.05, 4.69) is 4.98 Å². The highest BCUT2D eigenvalue weighted by atomic mass is 32.1. The van der Waals surface area contributed by atoms with Crippen LogP contribution in [0.1, 0.15) is 23.7 Å². The van der Waals surface area contributed by atoms with Crippen LogP contribution in [0.15, 0.2) is 12.3 Å². The summed E-state index contributed by atoms with van der Waals surface area (Å²) in [5.74, 6) is 0. The summed E-state index contributed by atoms with van der Waals surface area (Å²) in [7, 11) is 0. The second-order valence-corrected chi connectivity index (χ2v) is 2.78. The molecule has 3 heteroatoms.